The summed E-state index contributed by atoms with van der Waals surface area (Å²) in [5, 5.41) is 3.49. The van der Waals surface area contributed by atoms with Crippen molar-refractivity contribution in [3.8, 4) is 16.9 Å². The maximum atomic E-state index is 14.2. The molecule has 3 heteroatoms. The Bertz CT molecular complexity index is 815. The van der Waals surface area contributed by atoms with Crippen LogP contribution in [0.5, 0.6) is 5.75 Å². The summed E-state index contributed by atoms with van der Waals surface area (Å²) in [5.41, 5.74) is 3.74. The average Bonchev–Trinajstić information content (AvgIpc) is 2.68. The van der Waals surface area contributed by atoms with Crippen LogP contribution in [0, 0.1) is 5.82 Å². The van der Waals surface area contributed by atoms with E-state index in [4.69, 9.17) is 4.74 Å². The molecular weight excluding hydrogens is 313 g/mol. The molecular formula is C22H22FNO. The van der Waals surface area contributed by atoms with Gasteiger partial charge in [0.2, 0.25) is 0 Å². The molecule has 0 aliphatic carbocycles. The highest BCUT2D eigenvalue weighted by Gasteiger charge is 2.08. The Balaban J connectivity index is 1.74. The third-order valence-electron chi connectivity index (χ3n) is 4.34. The predicted octanol–water partition coefficient (Wildman–Crippen LogP) is 5.35. The van der Waals surface area contributed by atoms with Gasteiger partial charge in [-0.2, -0.15) is 0 Å². The van der Waals surface area contributed by atoms with Crippen molar-refractivity contribution >= 4 is 0 Å². The van der Waals surface area contributed by atoms with E-state index in [2.05, 4.69) is 24.4 Å². The van der Waals surface area contributed by atoms with Crippen LogP contribution in [0.3, 0.4) is 0 Å². The zero-order valence-corrected chi connectivity index (χ0v) is 14.5. The molecule has 0 unspecified atom stereocenters. The maximum Gasteiger partial charge on any atom is 0.131 e. The summed E-state index contributed by atoms with van der Waals surface area (Å²) >= 11 is 0. The first kappa shape index (κ1) is 17.2. The Labute approximate surface area is 148 Å². The maximum absolute atomic E-state index is 14.2. The second-order valence-electron chi connectivity index (χ2n) is 6.06. The van der Waals surface area contributed by atoms with Crippen molar-refractivity contribution in [3.63, 3.8) is 0 Å². The van der Waals surface area contributed by atoms with E-state index in [9.17, 15) is 4.39 Å². The van der Waals surface area contributed by atoms with Gasteiger partial charge in [-0.3, -0.25) is 0 Å². The van der Waals surface area contributed by atoms with Crippen LogP contribution in [0.1, 0.15) is 24.1 Å². The van der Waals surface area contributed by atoms with Crippen molar-refractivity contribution in [2.24, 2.45) is 0 Å². The SMILES string of the molecule is COc1ccc(-c2cc(CN[C@H](C)c3ccccc3)ccc2F)cc1. The highest BCUT2D eigenvalue weighted by molar-refractivity contribution is 5.65. The normalized spacial score (nSPS) is 12.0. The van der Waals surface area contributed by atoms with Crippen LogP contribution in [0.25, 0.3) is 11.1 Å². The molecule has 0 spiro atoms. The van der Waals surface area contributed by atoms with Crippen molar-refractivity contribution in [1.82, 2.24) is 5.32 Å². The van der Waals surface area contributed by atoms with Gasteiger partial charge in [-0.25, -0.2) is 4.39 Å². The predicted molar refractivity (Wildman–Crippen MR) is 100 cm³/mol. The quantitative estimate of drug-likeness (QED) is 0.655. The summed E-state index contributed by atoms with van der Waals surface area (Å²) in [5.74, 6) is 0.545. The van der Waals surface area contributed by atoms with E-state index in [1.165, 1.54) is 11.6 Å². The minimum absolute atomic E-state index is 0.218. The third-order valence-corrected chi connectivity index (χ3v) is 4.34. The minimum atomic E-state index is -0.218. The molecule has 3 aromatic rings. The third kappa shape index (κ3) is 4.25. The van der Waals surface area contributed by atoms with Crippen LogP contribution in [-0.4, -0.2) is 7.11 Å². The van der Waals surface area contributed by atoms with Gasteiger partial charge in [-0.1, -0.05) is 48.5 Å². The molecule has 2 nitrogen and oxygen atoms in total. The number of rotatable bonds is 6. The summed E-state index contributed by atoms with van der Waals surface area (Å²) in [6, 6.07) is 23.2. The van der Waals surface area contributed by atoms with Crippen molar-refractivity contribution in [3.05, 3.63) is 89.7 Å². The molecule has 128 valence electrons. The molecule has 3 rings (SSSR count). The molecule has 0 saturated heterocycles. The van der Waals surface area contributed by atoms with Crippen LogP contribution >= 0.6 is 0 Å². The topological polar surface area (TPSA) is 21.3 Å². The van der Waals surface area contributed by atoms with Gasteiger partial charge in [-0.05, 0) is 47.9 Å². The summed E-state index contributed by atoms with van der Waals surface area (Å²) < 4.78 is 19.4. The van der Waals surface area contributed by atoms with Gasteiger partial charge in [0, 0.05) is 18.2 Å². The lowest BCUT2D eigenvalue weighted by Gasteiger charge is -2.15. The second-order valence-corrected chi connectivity index (χ2v) is 6.06. The van der Waals surface area contributed by atoms with Gasteiger partial charge in [-0.15, -0.1) is 0 Å². The van der Waals surface area contributed by atoms with Gasteiger partial charge >= 0.3 is 0 Å². The lowest BCUT2D eigenvalue weighted by Crippen LogP contribution is -2.18. The number of nitrogens with one attached hydrogen (secondary N) is 1. The van der Waals surface area contributed by atoms with Crippen LogP contribution in [0.15, 0.2) is 72.8 Å². The molecule has 0 heterocycles. The Hall–Kier alpha value is -2.65. The number of benzene rings is 3. The van der Waals surface area contributed by atoms with Crippen molar-refractivity contribution in [1.29, 1.82) is 0 Å². The van der Waals surface area contributed by atoms with Gasteiger partial charge in [0.15, 0.2) is 0 Å². The van der Waals surface area contributed by atoms with Crippen molar-refractivity contribution < 1.29 is 9.13 Å². The fourth-order valence-corrected chi connectivity index (χ4v) is 2.80. The molecule has 25 heavy (non-hydrogen) atoms. The first-order valence-electron chi connectivity index (χ1n) is 8.38. The molecule has 0 bridgehead atoms. The number of halogens is 1. The molecule has 0 amide bonds. The second kappa shape index (κ2) is 7.95. The fraction of sp³-hybridized carbons (Fsp3) is 0.182. The molecule has 1 atom stereocenters. The molecule has 0 saturated carbocycles. The summed E-state index contributed by atoms with van der Waals surface area (Å²) in [7, 11) is 1.62. The van der Waals surface area contributed by atoms with E-state index in [0.29, 0.717) is 12.1 Å². The molecule has 1 N–H and O–H groups in total. The van der Waals surface area contributed by atoms with Crippen molar-refractivity contribution in [2.75, 3.05) is 7.11 Å². The Kier molecular flexibility index (Phi) is 5.46. The van der Waals surface area contributed by atoms with E-state index in [-0.39, 0.29) is 11.9 Å². The average molecular weight is 335 g/mol. The van der Waals surface area contributed by atoms with Crippen LogP contribution < -0.4 is 10.1 Å². The number of ether oxygens (including phenoxy) is 1. The van der Waals surface area contributed by atoms with Gasteiger partial charge in [0.25, 0.3) is 0 Å². The summed E-state index contributed by atoms with van der Waals surface area (Å²) in [6.45, 7) is 2.81. The summed E-state index contributed by atoms with van der Waals surface area (Å²) in [6.07, 6.45) is 0. The molecule has 0 fully saturated rings. The molecule has 0 aliphatic rings. The van der Waals surface area contributed by atoms with E-state index in [1.807, 2.05) is 54.6 Å². The molecule has 0 radical (unpaired) electrons. The summed E-state index contributed by atoms with van der Waals surface area (Å²) in [4.78, 5) is 0. The van der Waals surface area contributed by atoms with Crippen LogP contribution in [-0.2, 0) is 6.54 Å². The molecule has 3 aromatic carbocycles. The lowest BCUT2D eigenvalue weighted by molar-refractivity contribution is 0.415. The Morgan fingerprint density at radius 1 is 0.960 bits per heavy atom. The largest absolute Gasteiger partial charge is 0.497 e. The molecule has 0 aliphatic heterocycles. The Morgan fingerprint density at radius 3 is 2.36 bits per heavy atom. The van der Waals surface area contributed by atoms with Crippen molar-refractivity contribution in [2.45, 2.75) is 19.5 Å². The standard InChI is InChI=1S/C22H22FNO/c1-16(18-6-4-3-5-7-18)24-15-17-8-13-22(23)21(14-17)19-9-11-20(25-2)12-10-19/h3-14,16,24H,15H2,1-2H3/t16-/m1/s1. The Morgan fingerprint density at radius 2 is 1.68 bits per heavy atom. The number of hydrogen-bond donors (Lipinski definition) is 1. The minimum Gasteiger partial charge on any atom is -0.497 e. The van der Waals surface area contributed by atoms with E-state index >= 15 is 0 Å². The van der Waals surface area contributed by atoms with Crippen LogP contribution in [0.4, 0.5) is 4.39 Å². The van der Waals surface area contributed by atoms with E-state index in [1.54, 1.807) is 7.11 Å². The highest BCUT2D eigenvalue weighted by atomic mass is 19.1. The van der Waals surface area contributed by atoms with Gasteiger partial charge < -0.3 is 10.1 Å². The van der Waals surface area contributed by atoms with Gasteiger partial charge in [0.05, 0.1) is 7.11 Å². The number of methoxy groups -OCH3 is 1. The zero-order chi connectivity index (χ0) is 17.6. The smallest absolute Gasteiger partial charge is 0.131 e. The van der Waals surface area contributed by atoms with Crippen LogP contribution in [0.2, 0.25) is 0 Å². The number of hydrogen-bond acceptors (Lipinski definition) is 2. The zero-order valence-electron chi connectivity index (χ0n) is 14.5. The van der Waals surface area contributed by atoms with E-state index < -0.39 is 0 Å². The fourth-order valence-electron chi connectivity index (χ4n) is 2.80. The van der Waals surface area contributed by atoms with Gasteiger partial charge in [0.1, 0.15) is 11.6 Å². The first-order chi connectivity index (χ1) is 12.2. The first-order valence-corrected chi connectivity index (χ1v) is 8.38. The van der Waals surface area contributed by atoms with E-state index in [0.717, 1.165) is 16.9 Å². The lowest BCUT2D eigenvalue weighted by atomic mass is 10.0. The highest BCUT2D eigenvalue weighted by Crippen LogP contribution is 2.26. The molecule has 0 aromatic heterocycles. The monoisotopic (exact) mass is 335 g/mol.